The molecule has 1 N–H and O–H groups in total. The molecule has 5 nitrogen and oxygen atoms in total. The molecule has 5 heteroatoms. The summed E-state index contributed by atoms with van der Waals surface area (Å²) in [6.45, 7) is 10.7. The molecule has 2 aromatic rings. The van der Waals surface area contributed by atoms with Gasteiger partial charge in [0.05, 0.1) is 5.69 Å². The highest BCUT2D eigenvalue weighted by atomic mass is 16.1. The Labute approximate surface area is 151 Å². The van der Waals surface area contributed by atoms with E-state index in [1.807, 2.05) is 25.6 Å². The molecule has 0 aliphatic rings. The second kappa shape index (κ2) is 8.70. The number of hydrogen-bond donors (Lipinski definition) is 1. The molecule has 1 aromatic carbocycles. The molecule has 0 bridgehead atoms. The number of likely N-dealkylation sites (N-methyl/N-ethyl adjacent to an activating group) is 1. The molecule has 0 radical (unpaired) electrons. The topological polar surface area (TPSA) is 50.2 Å². The number of nitrogens with one attached hydrogen (secondary N) is 1. The van der Waals surface area contributed by atoms with E-state index < -0.39 is 0 Å². The zero-order valence-corrected chi connectivity index (χ0v) is 16.1. The van der Waals surface area contributed by atoms with Gasteiger partial charge < -0.3 is 10.2 Å². The van der Waals surface area contributed by atoms with Gasteiger partial charge in [0, 0.05) is 44.5 Å². The van der Waals surface area contributed by atoms with Crippen molar-refractivity contribution < 1.29 is 4.79 Å². The first-order chi connectivity index (χ1) is 11.9. The number of anilines is 1. The molecular weight excluding hydrogens is 312 g/mol. The van der Waals surface area contributed by atoms with Crippen LogP contribution in [-0.2, 0) is 18.3 Å². The molecule has 1 heterocycles. The third-order valence-corrected chi connectivity index (χ3v) is 4.71. The van der Waals surface area contributed by atoms with Crippen LogP contribution in [0.5, 0.6) is 0 Å². The lowest BCUT2D eigenvalue weighted by Crippen LogP contribution is -2.35. The Hall–Kier alpha value is -2.30. The Balaban J connectivity index is 1.79. The molecular formula is C20H30N4O. The van der Waals surface area contributed by atoms with E-state index in [4.69, 9.17) is 0 Å². The summed E-state index contributed by atoms with van der Waals surface area (Å²) in [5.74, 6) is 0.1000. The smallest absolute Gasteiger partial charge is 0.220 e. The van der Waals surface area contributed by atoms with Gasteiger partial charge in [0.25, 0.3) is 0 Å². The highest BCUT2D eigenvalue weighted by Gasteiger charge is 2.11. The van der Waals surface area contributed by atoms with Crippen molar-refractivity contribution >= 4 is 11.6 Å². The molecule has 0 saturated carbocycles. The maximum absolute atomic E-state index is 12.1. The summed E-state index contributed by atoms with van der Waals surface area (Å²) in [5.41, 5.74) is 5.81. The van der Waals surface area contributed by atoms with Gasteiger partial charge in [0.2, 0.25) is 5.91 Å². The fraction of sp³-hybridized carbons (Fsp3) is 0.500. The van der Waals surface area contributed by atoms with Crippen LogP contribution in [0.25, 0.3) is 0 Å². The molecule has 0 aliphatic carbocycles. The van der Waals surface area contributed by atoms with E-state index >= 15 is 0 Å². The SMILES string of the molecule is CCN(CCNC(=O)CCc1c(C)nn(C)c1C)c1cccc(C)c1. The van der Waals surface area contributed by atoms with Crippen LogP contribution >= 0.6 is 0 Å². The number of rotatable bonds is 8. The Bertz CT molecular complexity index is 720. The van der Waals surface area contributed by atoms with Crippen LogP contribution in [0.2, 0.25) is 0 Å². The number of amides is 1. The van der Waals surface area contributed by atoms with Crippen LogP contribution in [0.4, 0.5) is 5.69 Å². The van der Waals surface area contributed by atoms with Crippen molar-refractivity contribution in [3.63, 3.8) is 0 Å². The maximum Gasteiger partial charge on any atom is 0.220 e. The zero-order chi connectivity index (χ0) is 18.4. The summed E-state index contributed by atoms with van der Waals surface area (Å²) in [5, 5.41) is 7.44. The molecule has 2 rings (SSSR count). The fourth-order valence-electron chi connectivity index (χ4n) is 3.13. The average Bonchev–Trinajstić information content (AvgIpc) is 2.82. The Kier molecular flexibility index (Phi) is 6.62. The van der Waals surface area contributed by atoms with Gasteiger partial charge in [-0.3, -0.25) is 9.48 Å². The predicted octanol–water partition coefficient (Wildman–Crippen LogP) is 2.92. The van der Waals surface area contributed by atoms with E-state index in [2.05, 4.69) is 53.4 Å². The molecule has 0 spiro atoms. The Morgan fingerprint density at radius 3 is 2.64 bits per heavy atom. The summed E-state index contributed by atoms with van der Waals surface area (Å²) in [6, 6.07) is 8.47. The van der Waals surface area contributed by atoms with Crippen LogP contribution in [0.1, 0.15) is 35.9 Å². The quantitative estimate of drug-likeness (QED) is 0.802. The van der Waals surface area contributed by atoms with E-state index in [-0.39, 0.29) is 5.91 Å². The van der Waals surface area contributed by atoms with Crippen molar-refractivity contribution in [3.8, 4) is 0 Å². The van der Waals surface area contributed by atoms with Gasteiger partial charge in [0.1, 0.15) is 0 Å². The number of aryl methyl sites for hydroxylation is 3. The predicted molar refractivity (Wildman–Crippen MR) is 103 cm³/mol. The van der Waals surface area contributed by atoms with Crippen molar-refractivity contribution in [1.29, 1.82) is 0 Å². The first-order valence-corrected chi connectivity index (χ1v) is 8.99. The third kappa shape index (κ3) is 5.08. The van der Waals surface area contributed by atoms with Gasteiger partial charge >= 0.3 is 0 Å². The highest BCUT2D eigenvalue weighted by molar-refractivity contribution is 5.76. The van der Waals surface area contributed by atoms with Crippen molar-refractivity contribution in [1.82, 2.24) is 15.1 Å². The molecule has 1 aromatic heterocycles. The first kappa shape index (κ1) is 19.0. The number of carbonyl (C=O) groups is 1. The number of benzene rings is 1. The van der Waals surface area contributed by atoms with Gasteiger partial charge in [-0.25, -0.2) is 0 Å². The second-order valence-corrected chi connectivity index (χ2v) is 6.54. The Morgan fingerprint density at radius 2 is 2.04 bits per heavy atom. The van der Waals surface area contributed by atoms with Crippen LogP contribution in [0, 0.1) is 20.8 Å². The second-order valence-electron chi connectivity index (χ2n) is 6.54. The summed E-state index contributed by atoms with van der Waals surface area (Å²) >= 11 is 0. The lowest BCUT2D eigenvalue weighted by molar-refractivity contribution is -0.120. The van der Waals surface area contributed by atoms with E-state index in [0.29, 0.717) is 13.0 Å². The lowest BCUT2D eigenvalue weighted by Gasteiger charge is -2.23. The minimum Gasteiger partial charge on any atom is -0.370 e. The molecule has 0 fully saturated rings. The molecule has 136 valence electrons. The Morgan fingerprint density at radius 1 is 1.28 bits per heavy atom. The largest absolute Gasteiger partial charge is 0.370 e. The van der Waals surface area contributed by atoms with Gasteiger partial charge in [-0.2, -0.15) is 5.10 Å². The van der Waals surface area contributed by atoms with Crippen LogP contribution in [-0.4, -0.2) is 35.3 Å². The van der Waals surface area contributed by atoms with Crippen molar-refractivity contribution in [3.05, 3.63) is 46.8 Å². The molecule has 0 unspecified atom stereocenters. The van der Waals surface area contributed by atoms with Crippen LogP contribution in [0.15, 0.2) is 24.3 Å². The highest BCUT2D eigenvalue weighted by Crippen LogP contribution is 2.15. The minimum atomic E-state index is 0.1000. The maximum atomic E-state index is 12.1. The number of hydrogen-bond acceptors (Lipinski definition) is 3. The summed E-state index contributed by atoms with van der Waals surface area (Å²) < 4.78 is 1.88. The van der Waals surface area contributed by atoms with Gasteiger partial charge in [0.15, 0.2) is 0 Å². The average molecular weight is 342 g/mol. The number of carbonyl (C=O) groups excluding carboxylic acids is 1. The monoisotopic (exact) mass is 342 g/mol. The third-order valence-electron chi connectivity index (χ3n) is 4.71. The summed E-state index contributed by atoms with van der Waals surface area (Å²) in [7, 11) is 1.94. The van der Waals surface area contributed by atoms with Crippen molar-refractivity contribution in [2.45, 2.75) is 40.5 Å². The van der Waals surface area contributed by atoms with E-state index in [0.717, 1.165) is 30.9 Å². The molecule has 0 atom stereocenters. The minimum absolute atomic E-state index is 0.1000. The van der Waals surface area contributed by atoms with E-state index in [9.17, 15) is 4.79 Å². The molecule has 1 amide bonds. The summed E-state index contributed by atoms with van der Waals surface area (Å²) in [4.78, 5) is 14.4. The molecule has 25 heavy (non-hydrogen) atoms. The first-order valence-electron chi connectivity index (χ1n) is 8.99. The lowest BCUT2D eigenvalue weighted by atomic mass is 10.1. The summed E-state index contributed by atoms with van der Waals surface area (Å²) in [6.07, 6.45) is 1.25. The van der Waals surface area contributed by atoms with Gasteiger partial charge in [-0.1, -0.05) is 12.1 Å². The van der Waals surface area contributed by atoms with Crippen molar-refractivity contribution in [2.24, 2.45) is 7.05 Å². The standard InChI is InChI=1S/C20H30N4O/c1-6-24(18-9-7-8-15(2)14-18)13-12-21-20(25)11-10-19-16(3)22-23(5)17(19)4/h7-9,14H,6,10-13H2,1-5H3,(H,21,25). The van der Waals surface area contributed by atoms with Crippen LogP contribution in [0.3, 0.4) is 0 Å². The normalized spacial score (nSPS) is 10.8. The van der Waals surface area contributed by atoms with Crippen LogP contribution < -0.4 is 10.2 Å². The van der Waals surface area contributed by atoms with E-state index in [1.165, 1.54) is 16.8 Å². The molecule has 0 aliphatic heterocycles. The zero-order valence-electron chi connectivity index (χ0n) is 16.1. The van der Waals surface area contributed by atoms with Crippen molar-refractivity contribution in [2.75, 3.05) is 24.5 Å². The fourth-order valence-corrected chi connectivity index (χ4v) is 3.13. The number of nitrogens with zero attached hydrogens (tertiary/aromatic N) is 3. The number of aromatic nitrogens is 2. The van der Waals surface area contributed by atoms with Gasteiger partial charge in [-0.05, 0) is 57.4 Å². The molecule has 0 saturated heterocycles. The van der Waals surface area contributed by atoms with Gasteiger partial charge in [-0.15, -0.1) is 0 Å². The van der Waals surface area contributed by atoms with E-state index in [1.54, 1.807) is 0 Å².